The van der Waals surface area contributed by atoms with Gasteiger partial charge in [-0.2, -0.15) is 0 Å². The van der Waals surface area contributed by atoms with Crippen molar-refractivity contribution in [3.63, 3.8) is 0 Å². The Labute approximate surface area is 63.5 Å². The van der Waals surface area contributed by atoms with E-state index in [1.807, 2.05) is 20.8 Å². The molecule has 0 aromatic carbocycles. The predicted octanol–water partition coefficient (Wildman–Crippen LogP) is 3.50. The zero-order valence-electron chi connectivity index (χ0n) is 7.15. The van der Waals surface area contributed by atoms with Crippen molar-refractivity contribution < 1.29 is 4.39 Å². The standard InChI is InChI=1S/C7H11F.C2H6/c1-3-5-7(4-2)6-8;1-2/h3,5H,1,4,6H2,2H3;1-2H3/b7-5+;. The fourth-order valence-corrected chi connectivity index (χ4v) is 0.424. The molecule has 0 spiro atoms. The van der Waals surface area contributed by atoms with Crippen LogP contribution >= 0.6 is 0 Å². The second kappa shape index (κ2) is 11.2. The Bertz CT molecular complexity index is 86.9. The molecule has 0 unspecified atom stereocenters. The smallest absolute Gasteiger partial charge is 0.111 e. The van der Waals surface area contributed by atoms with Crippen LogP contribution in [-0.2, 0) is 0 Å². The highest BCUT2D eigenvalue weighted by atomic mass is 19.1. The molecule has 0 saturated carbocycles. The van der Waals surface area contributed by atoms with Gasteiger partial charge in [-0.25, -0.2) is 4.39 Å². The molecule has 0 bridgehead atoms. The maximum Gasteiger partial charge on any atom is 0.111 e. The van der Waals surface area contributed by atoms with E-state index in [1.54, 1.807) is 12.2 Å². The molecule has 0 atom stereocenters. The summed E-state index contributed by atoms with van der Waals surface area (Å²) >= 11 is 0. The second-order valence-corrected chi connectivity index (χ2v) is 1.55. The minimum atomic E-state index is -0.345. The molecule has 0 aromatic heterocycles. The fourth-order valence-electron chi connectivity index (χ4n) is 0.424. The van der Waals surface area contributed by atoms with E-state index >= 15 is 0 Å². The fraction of sp³-hybridized carbons (Fsp3) is 0.556. The molecular formula is C9H17F. The quantitative estimate of drug-likeness (QED) is 0.532. The highest BCUT2D eigenvalue weighted by molar-refractivity contribution is 5.09. The van der Waals surface area contributed by atoms with Gasteiger partial charge in [0.1, 0.15) is 6.67 Å². The molecule has 0 fully saturated rings. The van der Waals surface area contributed by atoms with Crippen molar-refractivity contribution in [1.82, 2.24) is 0 Å². The monoisotopic (exact) mass is 144 g/mol. The number of alkyl halides is 1. The van der Waals surface area contributed by atoms with Crippen LogP contribution in [0.15, 0.2) is 24.3 Å². The first kappa shape index (κ1) is 12.1. The number of rotatable bonds is 3. The number of allylic oxidation sites excluding steroid dienone is 3. The van der Waals surface area contributed by atoms with E-state index in [4.69, 9.17) is 0 Å². The van der Waals surface area contributed by atoms with Crippen LogP contribution in [0.2, 0.25) is 0 Å². The normalized spacial score (nSPS) is 9.80. The molecule has 10 heavy (non-hydrogen) atoms. The van der Waals surface area contributed by atoms with Gasteiger partial charge >= 0.3 is 0 Å². The number of hydrogen-bond acceptors (Lipinski definition) is 0. The van der Waals surface area contributed by atoms with Crippen LogP contribution in [0.25, 0.3) is 0 Å². The molecule has 0 rings (SSSR count). The Morgan fingerprint density at radius 1 is 1.50 bits per heavy atom. The van der Waals surface area contributed by atoms with Gasteiger partial charge in [0.15, 0.2) is 0 Å². The van der Waals surface area contributed by atoms with Crippen LogP contribution in [0.3, 0.4) is 0 Å². The zero-order chi connectivity index (χ0) is 8.41. The third-order valence-electron chi connectivity index (χ3n) is 0.979. The summed E-state index contributed by atoms with van der Waals surface area (Å²) in [6.07, 6.45) is 4.10. The first-order valence-electron chi connectivity index (χ1n) is 3.71. The molecule has 0 N–H and O–H groups in total. The van der Waals surface area contributed by atoms with Gasteiger partial charge in [-0.1, -0.05) is 39.5 Å². The van der Waals surface area contributed by atoms with E-state index in [0.29, 0.717) is 0 Å². The maximum absolute atomic E-state index is 11.7. The van der Waals surface area contributed by atoms with Crippen LogP contribution in [0, 0.1) is 0 Å². The lowest BCUT2D eigenvalue weighted by molar-refractivity contribution is 0.535. The van der Waals surface area contributed by atoms with Gasteiger partial charge in [0, 0.05) is 0 Å². The molecule has 0 radical (unpaired) electrons. The Morgan fingerprint density at radius 2 is 2.00 bits per heavy atom. The van der Waals surface area contributed by atoms with Crippen LogP contribution in [0.4, 0.5) is 4.39 Å². The number of halogens is 1. The van der Waals surface area contributed by atoms with Gasteiger partial charge in [-0.15, -0.1) is 0 Å². The van der Waals surface area contributed by atoms with Crippen LogP contribution in [0.1, 0.15) is 27.2 Å². The maximum atomic E-state index is 11.7. The molecule has 0 aliphatic heterocycles. The Hall–Kier alpha value is -0.590. The minimum Gasteiger partial charge on any atom is -0.246 e. The van der Waals surface area contributed by atoms with E-state index in [-0.39, 0.29) is 6.67 Å². The highest BCUT2D eigenvalue weighted by Crippen LogP contribution is 1.99. The molecule has 60 valence electrons. The minimum absolute atomic E-state index is 0.345. The third kappa shape index (κ3) is 7.41. The van der Waals surface area contributed by atoms with E-state index in [0.717, 1.165) is 12.0 Å². The van der Waals surface area contributed by atoms with Crippen molar-refractivity contribution in [2.24, 2.45) is 0 Å². The first-order chi connectivity index (χ1) is 4.85. The van der Waals surface area contributed by atoms with E-state index < -0.39 is 0 Å². The SMILES string of the molecule is C=C/C=C(\CC)CF.CC. The van der Waals surface area contributed by atoms with Gasteiger partial charge in [-0.3, -0.25) is 0 Å². The summed E-state index contributed by atoms with van der Waals surface area (Å²) in [6.45, 7) is 9.03. The summed E-state index contributed by atoms with van der Waals surface area (Å²) < 4.78 is 11.7. The summed E-state index contributed by atoms with van der Waals surface area (Å²) in [7, 11) is 0. The topological polar surface area (TPSA) is 0 Å². The van der Waals surface area contributed by atoms with Crippen molar-refractivity contribution in [3.8, 4) is 0 Å². The third-order valence-corrected chi connectivity index (χ3v) is 0.979. The number of hydrogen-bond donors (Lipinski definition) is 0. The van der Waals surface area contributed by atoms with E-state index in [1.165, 1.54) is 0 Å². The summed E-state index contributed by atoms with van der Waals surface area (Å²) in [4.78, 5) is 0. The Kier molecular flexibility index (Phi) is 13.6. The predicted molar refractivity (Wildman–Crippen MR) is 45.9 cm³/mol. The van der Waals surface area contributed by atoms with Crippen molar-refractivity contribution >= 4 is 0 Å². The van der Waals surface area contributed by atoms with Gasteiger partial charge in [0.25, 0.3) is 0 Å². The van der Waals surface area contributed by atoms with Crippen molar-refractivity contribution in [2.45, 2.75) is 27.2 Å². The van der Waals surface area contributed by atoms with Crippen LogP contribution in [0.5, 0.6) is 0 Å². The second-order valence-electron chi connectivity index (χ2n) is 1.55. The molecule has 0 aliphatic carbocycles. The molecule has 0 heterocycles. The Balaban J connectivity index is 0. The molecule has 0 aliphatic rings. The lowest BCUT2D eigenvalue weighted by Gasteiger charge is -1.91. The molecule has 0 saturated heterocycles. The molecule has 0 amide bonds. The summed E-state index contributed by atoms with van der Waals surface area (Å²) in [5.74, 6) is 0. The Morgan fingerprint density at radius 3 is 2.10 bits per heavy atom. The van der Waals surface area contributed by atoms with Crippen LogP contribution < -0.4 is 0 Å². The molecule has 1 heteroatoms. The average Bonchev–Trinajstić information content (AvgIpc) is 2.04. The van der Waals surface area contributed by atoms with Gasteiger partial charge in [-0.05, 0) is 12.0 Å². The average molecular weight is 144 g/mol. The highest BCUT2D eigenvalue weighted by Gasteiger charge is 1.86. The molecular weight excluding hydrogens is 127 g/mol. The zero-order valence-corrected chi connectivity index (χ0v) is 7.15. The lowest BCUT2D eigenvalue weighted by Crippen LogP contribution is -1.79. The summed E-state index contributed by atoms with van der Waals surface area (Å²) in [6, 6.07) is 0. The lowest BCUT2D eigenvalue weighted by atomic mass is 10.2. The largest absolute Gasteiger partial charge is 0.246 e. The van der Waals surface area contributed by atoms with E-state index in [2.05, 4.69) is 6.58 Å². The van der Waals surface area contributed by atoms with E-state index in [9.17, 15) is 4.39 Å². The van der Waals surface area contributed by atoms with Crippen molar-refractivity contribution in [3.05, 3.63) is 24.3 Å². The van der Waals surface area contributed by atoms with Gasteiger partial charge in [0.05, 0.1) is 0 Å². The van der Waals surface area contributed by atoms with Gasteiger partial charge in [0.2, 0.25) is 0 Å². The van der Waals surface area contributed by atoms with Crippen molar-refractivity contribution in [2.75, 3.05) is 6.67 Å². The molecule has 0 aromatic rings. The van der Waals surface area contributed by atoms with Crippen LogP contribution in [-0.4, -0.2) is 6.67 Å². The van der Waals surface area contributed by atoms with Gasteiger partial charge < -0.3 is 0 Å². The summed E-state index contributed by atoms with van der Waals surface area (Å²) in [5, 5.41) is 0. The van der Waals surface area contributed by atoms with Crippen molar-refractivity contribution in [1.29, 1.82) is 0 Å². The first-order valence-corrected chi connectivity index (χ1v) is 3.71. The summed E-state index contributed by atoms with van der Waals surface area (Å²) in [5.41, 5.74) is 0.806. The molecule has 0 nitrogen and oxygen atoms in total.